The number of aromatic nitrogens is 2. The van der Waals surface area contributed by atoms with Crippen molar-refractivity contribution in [3.63, 3.8) is 0 Å². The zero-order chi connectivity index (χ0) is 16.8. The number of pyridine rings is 1. The van der Waals surface area contributed by atoms with Crippen LogP contribution in [0.2, 0.25) is 0 Å². The number of nitrogens with zero attached hydrogens (tertiary/aromatic N) is 3. The summed E-state index contributed by atoms with van der Waals surface area (Å²) in [6.45, 7) is 3.86. The van der Waals surface area contributed by atoms with E-state index in [4.69, 9.17) is 9.26 Å². The van der Waals surface area contributed by atoms with Gasteiger partial charge in [-0.05, 0) is 31.4 Å². The van der Waals surface area contributed by atoms with Crippen molar-refractivity contribution in [2.75, 3.05) is 13.1 Å². The lowest BCUT2D eigenvalue weighted by Crippen LogP contribution is -2.43. The van der Waals surface area contributed by atoms with E-state index in [-0.39, 0.29) is 12.0 Å². The van der Waals surface area contributed by atoms with Gasteiger partial charge in [-0.1, -0.05) is 18.1 Å². The van der Waals surface area contributed by atoms with E-state index in [9.17, 15) is 4.79 Å². The molecule has 128 valence electrons. The molecule has 0 radical (unpaired) electrons. The number of hydrogen-bond acceptors (Lipinski definition) is 5. The van der Waals surface area contributed by atoms with Crippen molar-refractivity contribution < 1.29 is 14.1 Å². The van der Waals surface area contributed by atoms with E-state index in [0.717, 1.165) is 43.7 Å². The van der Waals surface area contributed by atoms with Crippen LogP contribution in [0.1, 0.15) is 48.1 Å². The number of aryl methyl sites for hydroxylation is 1. The van der Waals surface area contributed by atoms with Gasteiger partial charge < -0.3 is 14.2 Å². The van der Waals surface area contributed by atoms with Crippen LogP contribution in [0.3, 0.4) is 0 Å². The van der Waals surface area contributed by atoms with Gasteiger partial charge in [-0.15, -0.1) is 0 Å². The van der Waals surface area contributed by atoms with Gasteiger partial charge in [0.25, 0.3) is 5.91 Å². The predicted molar refractivity (Wildman–Crippen MR) is 88.4 cm³/mol. The Morgan fingerprint density at radius 1 is 1.46 bits per heavy atom. The second-order valence-corrected chi connectivity index (χ2v) is 6.08. The fourth-order valence-electron chi connectivity index (χ4n) is 2.89. The van der Waals surface area contributed by atoms with E-state index in [2.05, 4.69) is 17.1 Å². The van der Waals surface area contributed by atoms with E-state index in [1.54, 1.807) is 17.2 Å². The Bertz CT molecular complexity index is 657. The van der Waals surface area contributed by atoms with Gasteiger partial charge in [0.1, 0.15) is 5.76 Å². The van der Waals surface area contributed by atoms with Gasteiger partial charge in [-0.2, -0.15) is 0 Å². The van der Waals surface area contributed by atoms with E-state index >= 15 is 0 Å². The maximum Gasteiger partial charge on any atom is 0.276 e. The van der Waals surface area contributed by atoms with Crippen molar-refractivity contribution in [1.29, 1.82) is 0 Å². The summed E-state index contributed by atoms with van der Waals surface area (Å²) in [4.78, 5) is 18.6. The SMILES string of the molecule is CCCc1cc(C(=O)N2CCC[C@@H](OCc3ccccn3)C2)no1. The number of amides is 1. The van der Waals surface area contributed by atoms with Crippen LogP contribution in [0.4, 0.5) is 0 Å². The smallest absolute Gasteiger partial charge is 0.276 e. The van der Waals surface area contributed by atoms with Gasteiger partial charge >= 0.3 is 0 Å². The summed E-state index contributed by atoms with van der Waals surface area (Å²) in [6.07, 6.45) is 5.45. The van der Waals surface area contributed by atoms with Gasteiger partial charge in [0.15, 0.2) is 5.69 Å². The van der Waals surface area contributed by atoms with Crippen molar-refractivity contribution in [2.24, 2.45) is 0 Å². The van der Waals surface area contributed by atoms with Crippen LogP contribution in [0.5, 0.6) is 0 Å². The molecule has 1 amide bonds. The number of piperidine rings is 1. The lowest BCUT2D eigenvalue weighted by Gasteiger charge is -2.32. The lowest BCUT2D eigenvalue weighted by molar-refractivity contribution is -0.00810. The van der Waals surface area contributed by atoms with Crippen LogP contribution in [0.15, 0.2) is 35.0 Å². The molecule has 2 aromatic rings. The van der Waals surface area contributed by atoms with Crippen molar-refractivity contribution >= 4 is 5.91 Å². The average molecular weight is 329 g/mol. The van der Waals surface area contributed by atoms with Gasteiger partial charge in [0.2, 0.25) is 0 Å². The number of hydrogen-bond donors (Lipinski definition) is 0. The standard InChI is InChI=1S/C18H23N3O3/c1-2-6-15-11-17(20-24-15)18(22)21-10-5-8-16(12-21)23-13-14-7-3-4-9-19-14/h3-4,7,9,11,16H,2,5-6,8,10,12-13H2,1H3/t16-/m1/s1. The third kappa shape index (κ3) is 4.20. The summed E-state index contributed by atoms with van der Waals surface area (Å²) >= 11 is 0. The minimum atomic E-state index is -0.0766. The van der Waals surface area contributed by atoms with Crippen LogP contribution >= 0.6 is 0 Å². The molecule has 1 saturated heterocycles. The monoisotopic (exact) mass is 329 g/mol. The summed E-state index contributed by atoms with van der Waals surface area (Å²) in [7, 11) is 0. The Labute approximate surface area is 141 Å². The average Bonchev–Trinajstić information content (AvgIpc) is 3.09. The second-order valence-electron chi connectivity index (χ2n) is 6.08. The van der Waals surface area contributed by atoms with Gasteiger partial charge in [0.05, 0.1) is 18.4 Å². The highest BCUT2D eigenvalue weighted by molar-refractivity contribution is 5.92. The first-order chi connectivity index (χ1) is 11.8. The summed E-state index contributed by atoms with van der Waals surface area (Å²) in [5.41, 5.74) is 1.30. The third-order valence-electron chi connectivity index (χ3n) is 4.13. The summed E-state index contributed by atoms with van der Waals surface area (Å²) < 4.78 is 11.1. The fourth-order valence-corrected chi connectivity index (χ4v) is 2.89. The molecule has 0 aromatic carbocycles. The Morgan fingerprint density at radius 3 is 3.17 bits per heavy atom. The molecular weight excluding hydrogens is 306 g/mol. The number of likely N-dealkylation sites (tertiary alicyclic amines) is 1. The Kier molecular flexibility index (Phi) is 5.59. The zero-order valence-electron chi connectivity index (χ0n) is 14.0. The minimum absolute atomic E-state index is 0.0340. The lowest BCUT2D eigenvalue weighted by atomic mass is 10.1. The molecule has 0 N–H and O–H groups in total. The normalized spacial score (nSPS) is 17.9. The van der Waals surface area contributed by atoms with Crippen LogP contribution < -0.4 is 0 Å². The van der Waals surface area contributed by atoms with Gasteiger partial charge in [-0.25, -0.2) is 0 Å². The van der Waals surface area contributed by atoms with Gasteiger partial charge in [0, 0.05) is 31.8 Å². The molecule has 1 fully saturated rings. The Balaban J connectivity index is 1.55. The molecule has 0 bridgehead atoms. The number of ether oxygens (including phenoxy) is 1. The Hall–Kier alpha value is -2.21. The molecule has 0 saturated carbocycles. The topological polar surface area (TPSA) is 68.5 Å². The van der Waals surface area contributed by atoms with Crippen molar-refractivity contribution in [3.8, 4) is 0 Å². The molecule has 0 aliphatic carbocycles. The first kappa shape index (κ1) is 16.6. The van der Waals surface area contributed by atoms with Crippen molar-refractivity contribution in [1.82, 2.24) is 15.0 Å². The van der Waals surface area contributed by atoms with Crippen molar-refractivity contribution in [3.05, 3.63) is 47.6 Å². The van der Waals surface area contributed by atoms with E-state index < -0.39 is 0 Å². The highest BCUT2D eigenvalue weighted by Gasteiger charge is 2.27. The molecule has 3 heterocycles. The summed E-state index contributed by atoms with van der Waals surface area (Å²) in [5.74, 6) is 0.688. The summed E-state index contributed by atoms with van der Waals surface area (Å²) in [6, 6.07) is 7.52. The second kappa shape index (κ2) is 8.06. The quantitative estimate of drug-likeness (QED) is 0.815. The number of carbonyl (C=O) groups is 1. The molecule has 24 heavy (non-hydrogen) atoms. The maximum absolute atomic E-state index is 12.6. The van der Waals surface area contributed by atoms with E-state index in [1.165, 1.54) is 0 Å². The highest BCUT2D eigenvalue weighted by Crippen LogP contribution is 2.17. The number of rotatable bonds is 6. The number of carbonyl (C=O) groups excluding carboxylic acids is 1. The molecule has 0 unspecified atom stereocenters. The molecule has 3 rings (SSSR count). The molecular formula is C18H23N3O3. The fraction of sp³-hybridized carbons (Fsp3) is 0.500. The van der Waals surface area contributed by atoms with E-state index in [0.29, 0.717) is 18.8 Å². The predicted octanol–water partition coefficient (Wildman–Crippen LogP) is 2.84. The largest absolute Gasteiger partial charge is 0.370 e. The first-order valence-corrected chi connectivity index (χ1v) is 8.52. The zero-order valence-corrected chi connectivity index (χ0v) is 14.0. The summed E-state index contributed by atoms with van der Waals surface area (Å²) in [5, 5.41) is 3.91. The molecule has 6 nitrogen and oxygen atoms in total. The van der Waals surface area contributed by atoms with Crippen LogP contribution in [-0.2, 0) is 17.8 Å². The maximum atomic E-state index is 12.6. The van der Waals surface area contributed by atoms with Crippen LogP contribution in [-0.4, -0.2) is 40.1 Å². The van der Waals surface area contributed by atoms with Crippen LogP contribution in [0, 0.1) is 0 Å². The first-order valence-electron chi connectivity index (χ1n) is 8.52. The molecule has 2 aromatic heterocycles. The minimum Gasteiger partial charge on any atom is -0.370 e. The highest BCUT2D eigenvalue weighted by atomic mass is 16.5. The molecule has 6 heteroatoms. The van der Waals surface area contributed by atoms with Crippen LogP contribution in [0.25, 0.3) is 0 Å². The van der Waals surface area contributed by atoms with Crippen molar-refractivity contribution in [2.45, 2.75) is 45.3 Å². The van der Waals surface area contributed by atoms with Gasteiger partial charge in [-0.3, -0.25) is 9.78 Å². The molecule has 0 spiro atoms. The molecule has 1 aliphatic heterocycles. The molecule has 1 aliphatic rings. The van der Waals surface area contributed by atoms with E-state index in [1.807, 2.05) is 18.2 Å². The third-order valence-corrected chi connectivity index (χ3v) is 4.13. The Morgan fingerprint density at radius 2 is 2.38 bits per heavy atom. The molecule has 1 atom stereocenters.